The van der Waals surface area contributed by atoms with E-state index in [0.717, 1.165) is 19.7 Å². The first-order chi connectivity index (χ1) is 6.75. The molecule has 3 N–H and O–H groups in total. The largest absolute Gasteiger partial charge is 0.383 e. The highest BCUT2D eigenvalue weighted by molar-refractivity contribution is 8.00. The van der Waals surface area contributed by atoms with Crippen LogP contribution in [-0.4, -0.2) is 43.3 Å². The van der Waals surface area contributed by atoms with Gasteiger partial charge in [-0.15, -0.1) is 0 Å². The van der Waals surface area contributed by atoms with Gasteiger partial charge >= 0.3 is 0 Å². The SMILES string of the molecule is COCCNC1(CN)CCCSC1C. The van der Waals surface area contributed by atoms with Crippen LogP contribution in [0.1, 0.15) is 19.8 Å². The molecule has 0 aromatic heterocycles. The number of ether oxygens (including phenoxy) is 1. The Morgan fingerprint density at radius 2 is 2.43 bits per heavy atom. The molecule has 1 aliphatic rings. The molecule has 4 heteroatoms. The van der Waals surface area contributed by atoms with Crippen molar-refractivity contribution in [1.29, 1.82) is 0 Å². The second-order valence-electron chi connectivity index (χ2n) is 3.90. The molecule has 0 spiro atoms. The van der Waals surface area contributed by atoms with Gasteiger partial charge in [0.2, 0.25) is 0 Å². The van der Waals surface area contributed by atoms with Crippen LogP contribution < -0.4 is 11.1 Å². The molecule has 3 nitrogen and oxygen atoms in total. The summed E-state index contributed by atoms with van der Waals surface area (Å²) in [7, 11) is 1.73. The molecular weight excluding hydrogens is 196 g/mol. The first-order valence-corrected chi connectivity index (χ1v) is 6.35. The summed E-state index contributed by atoms with van der Waals surface area (Å²) in [6.07, 6.45) is 2.47. The third kappa shape index (κ3) is 2.86. The molecule has 0 aromatic rings. The van der Waals surface area contributed by atoms with E-state index in [9.17, 15) is 0 Å². The van der Waals surface area contributed by atoms with E-state index in [-0.39, 0.29) is 5.54 Å². The number of hydrogen-bond acceptors (Lipinski definition) is 4. The Bertz CT molecular complexity index is 168. The zero-order valence-corrected chi connectivity index (χ0v) is 10.0. The van der Waals surface area contributed by atoms with Gasteiger partial charge in [0, 0.05) is 31.0 Å². The van der Waals surface area contributed by atoms with Gasteiger partial charge in [0.05, 0.1) is 6.61 Å². The molecule has 1 aliphatic heterocycles. The summed E-state index contributed by atoms with van der Waals surface area (Å²) in [5, 5.41) is 4.17. The summed E-state index contributed by atoms with van der Waals surface area (Å²) in [5.74, 6) is 1.27. The van der Waals surface area contributed by atoms with Crippen molar-refractivity contribution in [2.24, 2.45) is 5.73 Å². The number of rotatable bonds is 5. The first kappa shape index (κ1) is 12.3. The number of thioether (sulfide) groups is 1. The minimum Gasteiger partial charge on any atom is -0.383 e. The maximum Gasteiger partial charge on any atom is 0.0587 e. The van der Waals surface area contributed by atoms with Crippen LogP contribution >= 0.6 is 11.8 Å². The Balaban J connectivity index is 2.45. The molecule has 2 unspecified atom stereocenters. The Labute approximate surface area is 91.1 Å². The lowest BCUT2D eigenvalue weighted by Crippen LogP contribution is -2.59. The van der Waals surface area contributed by atoms with E-state index in [2.05, 4.69) is 12.2 Å². The number of hydrogen-bond donors (Lipinski definition) is 2. The minimum atomic E-state index is 0.140. The molecule has 0 saturated carbocycles. The lowest BCUT2D eigenvalue weighted by atomic mass is 9.89. The van der Waals surface area contributed by atoms with Gasteiger partial charge in [-0.05, 0) is 18.6 Å². The van der Waals surface area contributed by atoms with Crippen molar-refractivity contribution in [3.8, 4) is 0 Å². The van der Waals surface area contributed by atoms with Crippen molar-refractivity contribution >= 4 is 11.8 Å². The zero-order valence-electron chi connectivity index (χ0n) is 9.21. The summed E-state index contributed by atoms with van der Waals surface area (Å²) in [4.78, 5) is 0. The Morgan fingerprint density at radius 1 is 1.64 bits per heavy atom. The molecule has 1 heterocycles. The van der Waals surface area contributed by atoms with Crippen molar-refractivity contribution in [3.05, 3.63) is 0 Å². The van der Waals surface area contributed by atoms with Crippen molar-refractivity contribution in [2.45, 2.75) is 30.6 Å². The van der Waals surface area contributed by atoms with Crippen molar-refractivity contribution < 1.29 is 4.74 Å². The van der Waals surface area contributed by atoms with Gasteiger partial charge in [0.15, 0.2) is 0 Å². The molecule has 1 fully saturated rings. The maximum atomic E-state index is 5.89. The van der Waals surface area contributed by atoms with E-state index < -0.39 is 0 Å². The monoisotopic (exact) mass is 218 g/mol. The van der Waals surface area contributed by atoms with Gasteiger partial charge in [0.25, 0.3) is 0 Å². The molecule has 2 atom stereocenters. The topological polar surface area (TPSA) is 47.3 Å². The Kier molecular flexibility index (Phi) is 5.23. The summed E-state index contributed by atoms with van der Waals surface area (Å²) in [6, 6.07) is 0. The minimum absolute atomic E-state index is 0.140. The molecule has 14 heavy (non-hydrogen) atoms. The average Bonchev–Trinajstić information content (AvgIpc) is 2.21. The maximum absolute atomic E-state index is 5.89. The fraction of sp³-hybridized carbons (Fsp3) is 1.00. The second-order valence-corrected chi connectivity index (χ2v) is 5.35. The number of nitrogens with two attached hydrogens (primary N) is 1. The van der Waals surface area contributed by atoms with Crippen LogP contribution in [0.5, 0.6) is 0 Å². The van der Waals surface area contributed by atoms with E-state index in [4.69, 9.17) is 10.5 Å². The average molecular weight is 218 g/mol. The fourth-order valence-electron chi connectivity index (χ4n) is 1.98. The summed E-state index contributed by atoms with van der Waals surface area (Å²) < 4.78 is 5.05. The Hall–Kier alpha value is 0.230. The molecule has 1 rings (SSSR count). The van der Waals surface area contributed by atoms with Crippen molar-refractivity contribution in [2.75, 3.05) is 32.6 Å². The third-order valence-electron chi connectivity index (χ3n) is 3.06. The van der Waals surface area contributed by atoms with E-state index >= 15 is 0 Å². The Morgan fingerprint density at radius 3 is 3.00 bits per heavy atom. The van der Waals surface area contributed by atoms with Crippen LogP contribution in [0.2, 0.25) is 0 Å². The van der Waals surface area contributed by atoms with Crippen LogP contribution in [0, 0.1) is 0 Å². The van der Waals surface area contributed by atoms with Crippen molar-refractivity contribution in [3.63, 3.8) is 0 Å². The summed E-state index contributed by atoms with van der Waals surface area (Å²) >= 11 is 2.02. The molecule has 84 valence electrons. The van der Waals surface area contributed by atoms with Crippen LogP contribution in [0.25, 0.3) is 0 Å². The highest BCUT2D eigenvalue weighted by Gasteiger charge is 2.36. The van der Waals surface area contributed by atoms with Gasteiger partial charge in [0.1, 0.15) is 0 Å². The number of nitrogens with one attached hydrogen (secondary N) is 1. The first-order valence-electron chi connectivity index (χ1n) is 5.31. The molecule has 0 amide bonds. The lowest BCUT2D eigenvalue weighted by Gasteiger charge is -2.42. The number of methoxy groups -OCH3 is 1. The van der Waals surface area contributed by atoms with E-state index in [1.165, 1.54) is 18.6 Å². The molecule has 0 aromatic carbocycles. The molecule has 0 aliphatic carbocycles. The van der Waals surface area contributed by atoms with E-state index in [1.54, 1.807) is 7.11 Å². The van der Waals surface area contributed by atoms with Gasteiger partial charge in [-0.3, -0.25) is 0 Å². The standard InChI is InChI=1S/C10H22N2OS/c1-9-10(8-11,4-3-7-14-9)12-5-6-13-2/h9,12H,3-8,11H2,1-2H3. The van der Waals surface area contributed by atoms with Gasteiger partial charge in [-0.1, -0.05) is 6.92 Å². The van der Waals surface area contributed by atoms with Crippen molar-refractivity contribution in [1.82, 2.24) is 5.32 Å². The normalized spacial score (nSPS) is 33.2. The van der Waals surface area contributed by atoms with Gasteiger partial charge in [-0.25, -0.2) is 0 Å². The summed E-state index contributed by atoms with van der Waals surface area (Å²) in [6.45, 7) is 4.67. The van der Waals surface area contributed by atoms with Gasteiger partial charge in [-0.2, -0.15) is 11.8 Å². The van der Waals surface area contributed by atoms with Gasteiger partial charge < -0.3 is 15.8 Å². The van der Waals surface area contributed by atoms with Crippen LogP contribution in [0.3, 0.4) is 0 Å². The van der Waals surface area contributed by atoms with Crippen LogP contribution in [0.4, 0.5) is 0 Å². The quantitative estimate of drug-likeness (QED) is 0.671. The predicted molar refractivity (Wildman–Crippen MR) is 62.8 cm³/mol. The van der Waals surface area contributed by atoms with Crippen LogP contribution in [0.15, 0.2) is 0 Å². The molecule has 0 radical (unpaired) electrons. The lowest BCUT2D eigenvalue weighted by molar-refractivity contribution is 0.180. The molecular formula is C10H22N2OS. The van der Waals surface area contributed by atoms with Crippen LogP contribution in [-0.2, 0) is 4.74 Å². The molecule has 0 bridgehead atoms. The zero-order chi connectivity index (χ0) is 10.4. The molecule has 1 saturated heterocycles. The second kappa shape index (κ2) is 5.95. The fourth-order valence-corrected chi connectivity index (χ4v) is 3.27. The van der Waals surface area contributed by atoms with E-state index in [0.29, 0.717) is 5.25 Å². The summed E-state index contributed by atoms with van der Waals surface area (Å²) in [5.41, 5.74) is 6.03. The highest BCUT2D eigenvalue weighted by Crippen LogP contribution is 2.33. The van der Waals surface area contributed by atoms with E-state index in [1.807, 2.05) is 11.8 Å². The highest BCUT2D eigenvalue weighted by atomic mass is 32.2. The smallest absolute Gasteiger partial charge is 0.0587 e. The predicted octanol–water partition coefficient (Wildman–Crippen LogP) is 0.835. The third-order valence-corrected chi connectivity index (χ3v) is 4.54.